The molecule has 0 saturated carbocycles. The zero-order valence-corrected chi connectivity index (χ0v) is 15.5. The Kier molecular flexibility index (Phi) is 6.41. The van der Waals surface area contributed by atoms with E-state index in [9.17, 15) is 13.2 Å². The monoisotopic (exact) mass is 382 g/mol. The van der Waals surface area contributed by atoms with Crippen molar-refractivity contribution in [3.8, 4) is 5.75 Å². The van der Waals surface area contributed by atoms with Crippen molar-refractivity contribution in [2.24, 2.45) is 0 Å². The van der Waals surface area contributed by atoms with Crippen molar-refractivity contribution >= 4 is 27.5 Å². The lowest BCUT2D eigenvalue weighted by Crippen LogP contribution is -2.39. The Morgan fingerprint density at radius 3 is 2.44 bits per heavy atom. The van der Waals surface area contributed by atoms with Gasteiger partial charge in [0.25, 0.3) is 0 Å². The van der Waals surface area contributed by atoms with E-state index in [1.165, 1.54) is 32.4 Å². The van der Waals surface area contributed by atoms with E-state index >= 15 is 0 Å². The van der Waals surface area contributed by atoms with Crippen LogP contribution in [0.5, 0.6) is 5.75 Å². The van der Waals surface area contributed by atoms with Crippen LogP contribution in [0.15, 0.2) is 53.4 Å². The number of benzene rings is 2. The number of amides is 1. The number of ether oxygens (including phenoxy) is 1. The number of halogens is 1. The van der Waals surface area contributed by atoms with Gasteiger partial charge in [0.15, 0.2) is 0 Å². The third-order valence-electron chi connectivity index (χ3n) is 3.56. The van der Waals surface area contributed by atoms with E-state index in [1.54, 1.807) is 12.1 Å². The van der Waals surface area contributed by atoms with Crippen LogP contribution < -0.4 is 10.1 Å². The number of methoxy groups -OCH3 is 1. The summed E-state index contributed by atoms with van der Waals surface area (Å²) in [4.78, 5) is 11.8. The number of rotatable bonds is 7. The fraction of sp³-hybridized carbons (Fsp3) is 0.235. The maximum atomic E-state index is 13.0. The first-order chi connectivity index (χ1) is 11.9. The van der Waals surface area contributed by atoms with Crippen LogP contribution in [0.2, 0.25) is 5.02 Å². The minimum absolute atomic E-state index is 0.00173. The second-order valence-corrected chi connectivity index (χ2v) is 7.57. The van der Waals surface area contributed by atoms with Crippen molar-refractivity contribution in [3.63, 3.8) is 0 Å². The zero-order chi connectivity index (χ0) is 18.4. The molecule has 6 nitrogen and oxygen atoms in total. The average Bonchev–Trinajstić information content (AvgIpc) is 2.61. The summed E-state index contributed by atoms with van der Waals surface area (Å²) in [5.41, 5.74) is 0.773. The molecular formula is C17H19ClN2O4S. The van der Waals surface area contributed by atoms with Crippen molar-refractivity contribution in [3.05, 3.63) is 59.1 Å². The van der Waals surface area contributed by atoms with Crippen LogP contribution in [-0.4, -0.2) is 39.3 Å². The normalized spacial score (nSPS) is 11.4. The van der Waals surface area contributed by atoms with Crippen LogP contribution >= 0.6 is 11.6 Å². The molecule has 0 heterocycles. The fourth-order valence-corrected chi connectivity index (χ4v) is 3.94. The molecule has 2 aromatic carbocycles. The summed E-state index contributed by atoms with van der Waals surface area (Å²) in [6.07, 6.45) is 0. The summed E-state index contributed by atoms with van der Waals surface area (Å²) in [6, 6.07) is 13.3. The summed E-state index contributed by atoms with van der Waals surface area (Å²) in [5, 5.41) is 2.63. The van der Waals surface area contributed by atoms with E-state index in [0.29, 0.717) is 5.75 Å². The molecule has 134 valence electrons. The summed E-state index contributed by atoms with van der Waals surface area (Å²) in [6.45, 7) is -0.225. The number of sulfonamides is 1. The minimum Gasteiger partial charge on any atom is -0.495 e. The van der Waals surface area contributed by atoms with E-state index in [0.717, 1.165) is 9.87 Å². The third kappa shape index (κ3) is 4.72. The van der Waals surface area contributed by atoms with Gasteiger partial charge < -0.3 is 10.1 Å². The van der Waals surface area contributed by atoms with Crippen molar-refractivity contribution in [1.82, 2.24) is 9.62 Å². The van der Waals surface area contributed by atoms with Gasteiger partial charge in [0.2, 0.25) is 15.9 Å². The Balaban J connectivity index is 2.40. The molecule has 25 heavy (non-hydrogen) atoms. The molecule has 0 unspecified atom stereocenters. The molecule has 0 saturated heterocycles. The molecule has 0 atom stereocenters. The van der Waals surface area contributed by atoms with Gasteiger partial charge in [0.1, 0.15) is 5.75 Å². The quantitative estimate of drug-likeness (QED) is 0.797. The van der Waals surface area contributed by atoms with Gasteiger partial charge in [-0.15, -0.1) is 0 Å². The van der Waals surface area contributed by atoms with Gasteiger partial charge in [-0.2, -0.15) is 4.31 Å². The third-order valence-corrected chi connectivity index (χ3v) is 5.64. The molecule has 0 aliphatic carbocycles. The van der Waals surface area contributed by atoms with Gasteiger partial charge in [-0.3, -0.25) is 4.79 Å². The highest BCUT2D eigenvalue weighted by Crippen LogP contribution is 2.28. The predicted molar refractivity (Wildman–Crippen MR) is 96.1 cm³/mol. The number of hydrogen-bond acceptors (Lipinski definition) is 4. The average molecular weight is 383 g/mol. The number of nitrogens with one attached hydrogen (secondary N) is 1. The zero-order valence-electron chi connectivity index (χ0n) is 13.9. The second-order valence-electron chi connectivity index (χ2n) is 5.23. The summed E-state index contributed by atoms with van der Waals surface area (Å²) in [7, 11) is -1.01. The lowest BCUT2D eigenvalue weighted by atomic mass is 10.2. The summed E-state index contributed by atoms with van der Waals surface area (Å²) >= 11 is 6.05. The van der Waals surface area contributed by atoms with Crippen molar-refractivity contribution in [2.45, 2.75) is 11.4 Å². The van der Waals surface area contributed by atoms with E-state index in [4.69, 9.17) is 16.3 Å². The van der Waals surface area contributed by atoms with E-state index in [-0.39, 0.29) is 23.0 Å². The number of hydrogen-bond donors (Lipinski definition) is 1. The van der Waals surface area contributed by atoms with E-state index < -0.39 is 15.9 Å². The Morgan fingerprint density at radius 2 is 1.88 bits per heavy atom. The van der Waals surface area contributed by atoms with E-state index in [1.807, 2.05) is 18.2 Å². The molecule has 0 spiro atoms. The topological polar surface area (TPSA) is 75.7 Å². The number of carbonyl (C=O) groups excluding carboxylic acids is 1. The first-order valence-corrected chi connectivity index (χ1v) is 9.28. The van der Waals surface area contributed by atoms with Crippen LogP contribution in [-0.2, 0) is 21.4 Å². The molecule has 1 amide bonds. The first kappa shape index (κ1) is 19.2. The Morgan fingerprint density at radius 1 is 1.20 bits per heavy atom. The van der Waals surface area contributed by atoms with Gasteiger partial charge in [0.05, 0.1) is 23.6 Å². The minimum atomic E-state index is -3.92. The molecule has 8 heteroatoms. The Hall–Kier alpha value is -2.09. The predicted octanol–water partition coefficient (Wildman–Crippen LogP) is 2.29. The van der Waals surface area contributed by atoms with Crippen LogP contribution in [0.4, 0.5) is 0 Å². The SMILES string of the molecule is CNC(=O)CN(Cc1ccccc1)S(=O)(=O)c1ccc(OC)c(Cl)c1. The maximum Gasteiger partial charge on any atom is 0.243 e. The Bertz CT molecular complexity index is 841. The Labute approximate surface area is 152 Å². The van der Waals surface area contributed by atoms with Crippen molar-refractivity contribution in [1.29, 1.82) is 0 Å². The standard InChI is InChI=1S/C17H19ClN2O4S/c1-19-17(21)12-20(11-13-6-4-3-5-7-13)25(22,23)14-8-9-16(24-2)15(18)10-14/h3-10H,11-12H2,1-2H3,(H,19,21). The lowest BCUT2D eigenvalue weighted by Gasteiger charge is -2.22. The van der Waals surface area contributed by atoms with Gasteiger partial charge in [-0.1, -0.05) is 41.9 Å². The fourth-order valence-electron chi connectivity index (χ4n) is 2.21. The number of likely N-dealkylation sites (N-methyl/N-ethyl adjacent to an activating group) is 1. The molecule has 0 radical (unpaired) electrons. The van der Waals surface area contributed by atoms with Gasteiger partial charge in [0, 0.05) is 13.6 Å². The molecule has 0 aliphatic heterocycles. The van der Waals surface area contributed by atoms with Crippen molar-refractivity contribution in [2.75, 3.05) is 20.7 Å². The summed E-state index contributed by atoms with van der Waals surface area (Å²) in [5.74, 6) is -0.0272. The molecule has 1 N–H and O–H groups in total. The molecule has 2 rings (SSSR count). The van der Waals surface area contributed by atoms with Crippen molar-refractivity contribution < 1.29 is 17.9 Å². The van der Waals surface area contributed by atoms with Crippen LogP contribution in [0, 0.1) is 0 Å². The smallest absolute Gasteiger partial charge is 0.243 e. The largest absolute Gasteiger partial charge is 0.495 e. The van der Waals surface area contributed by atoms with Crippen LogP contribution in [0.1, 0.15) is 5.56 Å². The first-order valence-electron chi connectivity index (χ1n) is 7.46. The van der Waals surface area contributed by atoms with E-state index in [2.05, 4.69) is 5.32 Å². The summed E-state index contributed by atoms with van der Waals surface area (Å²) < 4.78 is 32.1. The molecule has 2 aromatic rings. The maximum absolute atomic E-state index is 13.0. The lowest BCUT2D eigenvalue weighted by molar-refractivity contribution is -0.120. The molecule has 0 aromatic heterocycles. The number of carbonyl (C=O) groups is 1. The van der Waals surface area contributed by atoms with Crippen LogP contribution in [0.3, 0.4) is 0 Å². The molecule has 0 fully saturated rings. The highest BCUT2D eigenvalue weighted by molar-refractivity contribution is 7.89. The second kappa shape index (κ2) is 8.33. The highest BCUT2D eigenvalue weighted by atomic mass is 35.5. The van der Waals surface area contributed by atoms with Gasteiger partial charge in [-0.05, 0) is 23.8 Å². The highest BCUT2D eigenvalue weighted by Gasteiger charge is 2.27. The number of nitrogens with zero attached hydrogens (tertiary/aromatic N) is 1. The molecule has 0 bridgehead atoms. The van der Waals surface area contributed by atoms with Gasteiger partial charge in [-0.25, -0.2) is 8.42 Å². The van der Waals surface area contributed by atoms with Crippen LogP contribution in [0.25, 0.3) is 0 Å². The molecular weight excluding hydrogens is 364 g/mol. The molecule has 0 aliphatic rings. The van der Waals surface area contributed by atoms with Gasteiger partial charge >= 0.3 is 0 Å².